The fraction of sp³-hybridized carbons (Fsp3) is 0.588. The highest BCUT2D eigenvalue weighted by Crippen LogP contribution is 2.19. The number of hydrogen-bond acceptors (Lipinski definition) is 2. The number of hydrogen-bond donors (Lipinski definition) is 1. The van der Waals surface area contributed by atoms with E-state index in [4.69, 9.17) is 0 Å². The van der Waals surface area contributed by atoms with Crippen LogP contribution < -0.4 is 5.32 Å². The van der Waals surface area contributed by atoms with Crippen molar-refractivity contribution >= 4 is 21.8 Å². The average molecular weight is 353 g/mol. The monoisotopic (exact) mass is 352 g/mol. The second-order valence-corrected chi connectivity index (χ2v) is 6.63. The van der Waals surface area contributed by atoms with E-state index in [1.807, 2.05) is 24.3 Å². The Morgan fingerprint density at radius 2 is 2.10 bits per heavy atom. The van der Waals surface area contributed by atoms with E-state index in [9.17, 15) is 4.79 Å². The Bertz CT molecular complexity index is 447. The molecule has 1 N–H and O–H groups in total. The molecule has 1 aliphatic heterocycles. The highest BCUT2D eigenvalue weighted by molar-refractivity contribution is 9.10. The summed E-state index contributed by atoms with van der Waals surface area (Å²) in [6.45, 7) is 5.35. The number of benzene rings is 1. The Balaban J connectivity index is 1.69. The van der Waals surface area contributed by atoms with Crippen molar-refractivity contribution in [2.24, 2.45) is 0 Å². The molecule has 1 aliphatic rings. The van der Waals surface area contributed by atoms with Crippen molar-refractivity contribution in [3.05, 3.63) is 34.3 Å². The molecular weight excluding hydrogens is 328 g/mol. The van der Waals surface area contributed by atoms with Gasteiger partial charge in [0.15, 0.2) is 0 Å². The summed E-state index contributed by atoms with van der Waals surface area (Å²) in [5.41, 5.74) is 0.725. The molecule has 0 aromatic heterocycles. The zero-order valence-electron chi connectivity index (χ0n) is 12.8. The highest BCUT2D eigenvalue weighted by Gasteiger charge is 2.19. The maximum Gasteiger partial charge on any atom is 0.251 e. The summed E-state index contributed by atoms with van der Waals surface area (Å²) in [6, 6.07) is 8.23. The summed E-state index contributed by atoms with van der Waals surface area (Å²) < 4.78 is 0.995. The quantitative estimate of drug-likeness (QED) is 0.789. The normalized spacial score (nSPS) is 19.4. The smallest absolute Gasteiger partial charge is 0.251 e. The van der Waals surface area contributed by atoms with Gasteiger partial charge in [0.1, 0.15) is 0 Å². The average Bonchev–Trinajstić information content (AvgIpc) is 2.52. The van der Waals surface area contributed by atoms with Gasteiger partial charge in [0.2, 0.25) is 0 Å². The van der Waals surface area contributed by atoms with E-state index in [0.717, 1.165) is 35.6 Å². The van der Waals surface area contributed by atoms with Gasteiger partial charge in [0, 0.05) is 29.2 Å². The summed E-state index contributed by atoms with van der Waals surface area (Å²) in [5, 5.41) is 3.01. The van der Waals surface area contributed by atoms with Gasteiger partial charge in [-0.05, 0) is 56.5 Å². The zero-order valence-corrected chi connectivity index (χ0v) is 14.4. The molecule has 21 heavy (non-hydrogen) atoms. The molecule has 1 heterocycles. The SMILES string of the molecule is CC[C@H]1CCCCN1CCCNC(=O)c1ccc(Br)cc1. The van der Waals surface area contributed by atoms with Gasteiger partial charge in [0.05, 0.1) is 0 Å². The van der Waals surface area contributed by atoms with Crippen LogP contribution in [0.25, 0.3) is 0 Å². The fourth-order valence-corrected chi connectivity index (χ4v) is 3.27. The number of amides is 1. The molecule has 2 rings (SSSR count). The van der Waals surface area contributed by atoms with Gasteiger partial charge in [-0.3, -0.25) is 4.79 Å². The molecule has 0 bridgehead atoms. The predicted molar refractivity (Wildman–Crippen MR) is 90.6 cm³/mol. The van der Waals surface area contributed by atoms with Crippen molar-refractivity contribution in [1.29, 1.82) is 0 Å². The minimum absolute atomic E-state index is 0.0215. The van der Waals surface area contributed by atoms with E-state index in [1.54, 1.807) is 0 Å². The van der Waals surface area contributed by atoms with Crippen LogP contribution in [0.1, 0.15) is 49.4 Å². The molecule has 1 aromatic carbocycles. The second kappa shape index (κ2) is 8.54. The standard InChI is InChI=1S/C17H25BrN2O/c1-2-16-6-3-4-12-20(16)13-5-11-19-17(21)14-7-9-15(18)10-8-14/h7-10,16H,2-6,11-13H2,1H3,(H,19,21)/t16-/m0/s1. The molecule has 1 atom stereocenters. The van der Waals surface area contributed by atoms with Crippen LogP contribution in [0, 0.1) is 0 Å². The number of halogens is 1. The van der Waals surface area contributed by atoms with E-state index in [-0.39, 0.29) is 5.91 Å². The fourth-order valence-electron chi connectivity index (χ4n) is 3.00. The van der Waals surface area contributed by atoms with Crippen molar-refractivity contribution in [1.82, 2.24) is 10.2 Å². The number of likely N-dealkylation sites (tertiary alicyclic amines) is 1. The predicted octanol–water partition coefficient (Wildman–Crippen LogP) is 3.83. The minimum atomic E-state index is 0.0215. The molecule has 1 saturated heterocycles. The summed E-state index contributed by atoms with van der Waals surface area (Å²) in [7, 11) is 0. The Morgan fingerprint density at radius 1 is 1.33 bits per heavy atom. The van der Waals surface area contributed by atoms with Crippen molar-refractivity contribution in [2.75, 3.05) is 19.6 Å². The summed E-state index contributed by atoms with van der Waals surface area (Å²) in [5.74, 6) is 0.0215. The van der Waals surface area contributed by atoms with E-state index < -0.39 is 0 Å². The van der Waals surface area contributed by atoms with Crippen molar-refractivity contribution in [3.63, 3.8) is 0 Å². The molecule has 3 nitrogen and oxygen atoms in total. The van der Waals surface area contributed by atoms with Crippen LogP contribution in [0.5, 0.6) is 0 Å². The van der Waals surface area contributed by atoms with Crippen LogP contribution in [-0.2, 0) is 0 Å². The topological polar surface area (TPSA) is 32.3 Å². The van der Waals surface area contributed by atoms with E-state index in [2.05, 4.69) is 33.1 Å². The van der Waals surface area contributed by atoms with E-state index >= 15 is 0 Å². The van der Waals surface area contributed by atoms with Gasteiger partial charge in [-0.25, -0.2) is 0 Å². The molecule has 1 aromatic rings. The third-order valence-electron chi connectivity index (χ3n) is 4.23. The third kappa shape index (κ3) is 5.11. The van der Waals surface area contributed by atoms with Crippen molar-refractivity contribution in [2.45, 2.75) is 45.1 Å². The maximum absolute atomic E-state index is 12.0. The van der Waals surface area contributed by atoms with Gasteiger partial charge in [0.25, 0.3) is 5.91 Å². The van der Waals surface area contributed by atoms with Crippen molar-refractivity contribution in [3.8, 4) is 0 Å². The van der Waals surface area contributed by atoms with Crippen LogP contribution in [0.3, 0.4) is 0 Å². The van der Waals surface area contributed by atoms with Crippen LogP contribution in [0.15, 0.2) is 28.7 Å². The molecule has 4 heteroatoms. The lowest BCUT2D eigenvalue weighted by Gasteiger charge is -2.35. The zero-order chi connectivity index (χ0) is 15.1. The molecule has 0 saturated carbocycles. The minimum Gasteiger partial charge on any atom is -0.352 e. The summed E-state index contributed by atoms with van der Waals surface area (Å²) >= 11 is 3.38. The molecule has 0 unspecified atom stereocenters. The number of carbonyl (C=O) groups excluding carboxylic acids is 1. The van der Waals surface area contributed by atoms with Crippen LogP contribution in [0.2, 0.25) is 0 Å². The van der Waals surface area contributed by atoms with Crippen LogP contribution in [-0.4, -0.2) is 36.5 Å². The number of nitrogens with one attached hydrogen (secondary N) is 1. The molecule has 0 radical (unpaired) electrons. The third-order valence-corrected chi connectivity index (χ3v) is 4.76. The maximum atomic E-state index is 12.0. The number of nitrogens with zero attached hydrogens (tertiary/aromatic N) is 1. The Morgan fingerprint density at radius 3 is 2.81 bits per heavy atom. The lowest BCUT2D eigenvalue weighted by atomic mass is 10.00. The first-order valence-electron chi connectivity index (χ1n) is 7.98. The molecular formula is C17H25BrN2O. The molecule has 1 amide bonds. The Labute approximate surface area is 136 Å². The number of rotatable bonds is 6. The second-order valence-electron chi connectivity index (χ2n) is 5.71. The van der Waals surface area contributed by atoms with Crippen LogP contribution >= 0.6 is 15.9 Å². The first-order valence-corrected chi connectivity index (χ1v) is 8.78. The summed E-state index contributed by atoms with van der Waals surface area (Å²) in [6.07, 6.45) is 6.29. The first-order chi connectivity index (χ1) is 10.2. The Hall–Kier alpha value is -0.870. The molecule has 116 valence electrons. The van der Waals surface area contributed by atoms with Gasteiger partial charge in [-0.15, -0.1) is 0 Å². The lowest BCUT2D eigenvalue weighted by Crippen LogP contribution is -2.40. The summed E-state index contributed by atoms with van der Waals surface area (Å²) in [4.78, 5) is 14.6. The van der Waals surface area contributed by atoms with Gasteiger partial charge < -0.3 is 10.2 Å². The van der Waals surface area contributed by atoms with E-state index in [1.165, 1.54) is 32.2 Å². The lowest BCUT2D eigenvalue weighted by molar-refractivity contribution is 0.0947. The van der Waals surface area contributed by atoms with Gasteiger partial charge in [-0.2, -0.15) is 0 Å². The molecule has 1 fully saturated rings. The van der Waals surface area contributed by atoms with Gasteiger partial charge >= 0.3 is 0 Å². The molecule has 0 spiro atoms. The van der Waals surface area contributed by atoms with Crippen molar-refractivity contribution < 1.29 is 4.79 Å². The highest BCUT2D eigenvalue weighted by atomic mass is 79.9. The van der Waals surface area contributed by atoms with E-state index in [0.29, 0.717) is 0 Å². The Kier molecular flexibility index (Phi) is 6.71. The first kappa shape index (κ1) is 16.5. The number of carbonyl (C=O) groups is 1. The number of piperidine rings is 1. The molecule has 0 aliphatic carbocycles. The van der Waals surface area contributed by atoms with Gasteiger partial charge in [-0.1, -0.05) is 29.3 Å². The largest absolute Gasteiger partial charge is 0.352 e. The van der Waals surface area contributed by atoms with Crippen LogP contribution in [0.4, 0.5) is 0 Å².